The van der Waals surface area contributed by atoms with Gasteiger partial charge in [0, 0.05) is 19.5 Å². The van der Waals surface area contributed by atoms with Gasteiger partial charge < -0.3 is 10.0 Å². The van der Waals surface area contributed by atoms with Crippen molar-refractivity contribution in [3.05, 3.63) is 33.8 Å². The molecule has 1 heterocycles. The Kier molecular flexibility index (Phi) is 3.99. The number of rotatable bonds is 2. The van der Waals surface area contributed by atoms with Crippen LogP contribution in [0.4, 0.5) is 0 Å². The molecule has 1 aliphatic rings. The van der Waals surface area contributed by atoms with Crippen molar-refractivity contribution >= 4 is 23.2 Å². The summed E-state index contributed by atoms with van der Waals surface area (Å²) >= 11 is 11.9. The first-order valence-electron chi connectivity index (χ1n) is 5.83. The lowest BCUT2D eigenvalue weighted by Gasteiger charge is -2.36. The third kappa shape index (κ3) is 3.35. The van der Waals surface area contributed by atoms with Gasteiger partial charge in [-0.15, -0.1) is 0 Å². The van der Waals surface area contributed by atoms with Crippen LogP contribution < -0.4 is 0 Å². The van der Waals surface area contributed by atoms with Crippen LogP contribution in [0.25, 0.3) is 0 Å². The van der Waals surface area contributed by atoms with E-state index in [0.29, 0.717) is 16.5 Å². The second-order valence-corrected chi connectivity index (χ2v) is 5.77. The van der Waals surface area contributed by atoms with Gasteiger partial charge in [-0.1, -0.05) is 29.3 Å². The second-order valence-electron chi connectivity index (χ2n) is 4.95. The van der Waals surface area contributed by atoms with Gasteiger partial charge in [0.15, 0.2) is 0 Å². The predicted molar refractivity (Wildman–Crippen MR) is 71.8 cm³/mol. The van der Waals surface area contributed by atoms with E-state index in [0.717, 1.165) is 31.5 Å². The highest BCUT2D eigenvalue weighted by Gasteiger charge is 2.31. The molecule has 2 nitrogen and oxygen atoms in total. The molecule has 1 N–H and O–H groups in total. The van der Waals surface area contributed by atoms with Gasteiger partial charge in [-0.2, -0.15) is 0 Å². The van der Waals surface area contributed by atoms with Crippen LogP contribution in [0.2, 0.25) is 10.0 Å². The maximum Gasteiger partial charge on any atom is 0.0712 e. The predicted octanol–water partition coefficient (Wildman–Crippen LogP) is 2.99. The second kappa shape index (κ2) is 5.15. The molecule has 0 amide bonds. The first-order valence-corrected chi connectivity index (χ1v) is 6.59. The quantitative estimate of drug-likeness (QED) is 0.896. The molecule has 0 saturated carbocycles. The van der Waals surface area contributed by atoms with Crippen molar-refractivity contribution < 1.29 is 5.11 Å². The minimum absolute atomic E-state index is 0.556. The highest BCUT2D eigenvalue weighted by atomic mass is 35.5. The Morgan fingerprint density at radius 2 is 1.88 bits per heavy atom. The Balaban J connectivity index is 2.07. The summed E-state index contributed by atoms with van der Waals surface area (Å²) in [4.78, 5) is 2.24. The molecular weight excluding hydrogens is 257 g/mol. The fourth-order valence-corrected chi connectivity index (χ4v) is 2.56. The van der Waals surface area contributed by atoms with E-state index in [1.54, 1.807) is 6.07 Å². The van der Waals surface area contributed by atoms with Gasteiger partial charge in [-0.05, 0) is 37.6 Å². The standard InChI is InChI=1S/C13H17Cl2NO/c1-16-6-4-13(17,5-7-16)9-10-2-3-11(14)12(15)8-10/h2-3,8,17H,4-7,9H2,1H3. The average Bonchev–Trinajstić information content (AvgIpc) is 2.28. The van der Waals surface area contributed by atoms with Gasteiger partial charge in [0.05, 0.1) is 15.6 Å². The molecule has 0 bridgehead atoms. The molecule has 17 heavy (non-hydrogen) atoms. The third-order valence-electron chi connectivity index (χ3n) is 3.43. The molecular formula is C13H17Cl2NO. The van der Waals surface area contributed by atoms with Crippen LogP contribution in [-0.4, -0.2) is 35.7 Å². The Morgan fingerprint density at radius 3 is 2.47 bits per heavy atom. The molecule has 1 aromatic carbocycles. The number of likely N-dealkylation sites (tertiary alicyclic amines) is 1. The van der Waals surface area contributed by atoms with Crippen LogP contribution in [0.3, 0.4) is 0 Å². The van der Waals surface area contributed by atoms with Crippen molar-refractivity contribution in [3.63, 3.8) is 0 Å². The van der Waals surface area contributed by atoms with Gasteiger partial charge in [-0.25, -0.2) is 0 Å². The van der Waals surface area contributed by atoms with E-state index in [1.165, 1.54) is 0 Å². The van der Waals surface area contributed by atoms with Crippen LogP contribution in [0.15, 0.2) is 18.2 Å². The van der Waals surface area contributed by atoms with Crippen LogP contribution >= 0.6 is 23.2 Å². The largest absolute Gasteiger partial charge is 0.389 e. The molecule has 0 atom stereocenters. The molecule has 0 aromatic heterocycles. The molecule has 4 heteroatoms. The van der Waals surface area contributed by atoms with Crippen molar-refractivity contribution in [2.24, 2.45) is 0 Å². The number of hydrogen-bond donors (Lipinski definition) is 1. The highest BCUT2D eigenvalue weighted by Crippen LogP contribution is 2.29. The van der Waals surface area contributed by atoms with Crippen LogP contribution in [0.1, 0.15) is 18.4 Å². The topological polar surface area (TPSA) is 23.5 Å². The lowest BCUT2D eigenvalue weighted by Crippen LogP contribution is -2.44. The maximum absolute atomic E-state index is 10.5. The number of piperidine rings is 1. The summed E-state index contributed by atoms with van der Waals surface area (Å²) < 4.78 is 0. The van der Waals surface area contributed by atoms with Crippen molar-refractivity contribution in [1.82, 2.24) is 4.90 Å². The summed E-state index contributed by atoms with van der Waals surface area (Å²) in [6.45, 7) is 1.88. The fraction of sp³-hybridized carbons (Fsp3) is 0.538. The Bertz CT molecular complexity index is 400. The number of aliphatic hydroxyl groups is 1. The van der Waals surface area contributed by atoms with Crippen molar-refractivity contribution in [1.29, 1.82) is 0 Å². The van der Waals surface area contributed by atoms with E-state index < -0.39 is 5.60 Å². The summed E-state index contributed by atoms with van der Waals surface area (Å²) in [6.07, 6.45) is 2.27. The van der Waals surface area contributed by atoms with E-state index in [4.69, 9.17) is 23.2 Å². The van der Waals surface area contributed by atoms with Crippen molar-refractivity contribution in [3.8, 4) is 0 Å². The SMILES string of the molecule is CN1CCC(O)(Cc2ccc(Cl)c(Cl)c2)CC1. The molecule has 0 spiro atoms. The molecule has 94 valence electrons. The zero-order chi connectivity index (χ0) is 12.5. The lowest BCUT2D eigenvalue weighted by atomic mass is 9.85. The highest BCUT2D eigenvalue weighted by molar-refractivity contribution is 6.42. The maximum atomic E-state index is 10.5. The first-order chi connectivity index (χ1) is 7.98. The van der Waals surface area contributed by atoms with Gasteiger partial charge in [0.2, 0.25) is 0 Å². The number of halogens is 2. The monoisotopic (exact) mass is 273 g/mol. The first kappa shape index (κ1) is 13.2. The van der Waals surface area contributed by atoms with Gasteiger partial charge in [-0.3, -0.25) is 0 Å². The summed E-state index contributed by atoms with van der Waals surface area (Å²) in [5.74, 6) is 0. The minimum atomic E-state index is -0.594. The van der Waals surface area contributed by atoms with Crippen molar-refractivity contribution in [2.75, 3.05) is 20.1 Å². The van der Waals surface area contributed by atoms with E-state index >= 15 is 0 Å². The number of nitrogens with zero attached hydrogens (tertiary/aromatic N) is 1. The summed E-state index contributed by atoms with van der Waals surface area (Å²) in [5.41, 5.74) is 0.454. The molecule has 1 aromatic rings. The third-order valence-corrected chi connectivity index (χ3v) is 4.17. The number of benzene rings is 1. The number of hydrogen-bond acceptors (Lipinski definition) is 2. The Hall–Kier alpha value is -0.280. The van der Waals surface area contributed by atoms with E-state index in [9.17, 15) is 5.11 Å². The molecule has 1 aliphatic heterocycles. The van der Waals surface area contributed by atoms with Gasteiger partial charge in [0.1, 0.15) is 0 Å². The lowest BCUT2D eigenvalue weighted by molar-refractivity contribution is -0.0150. The van der Waals surface area contributed by atoms with Gasteiger partial charge in [0.25, 0.3) is 0 Å². The Morgan fingerprint density at radius 1 is 1.24 bits per heavy atom. The van der Waals surface area contributed by atoms with Crippen LogP contribution in [-0.2, 0) is 6.42 Å². The van der Waals surface area contributed by atoms with Crippen molar-refractivity contribution in [2.45, 2.75) is 24.9 Å². The van der Waals surface area contributed by atoms with Gasteiger partial charge >= 0.3 is 0 Å². The molecule has 2 rings (SSSR count). The Labute approximate surface area is 112 Å². The van der Waals surface area contributed by atoms with Crippen LogP contribution in [0.5, 0.6) is 0 Å². The zero-order valence-electron chi connectivity index (χ0n) is 9.92. The van der Waals surface area contributed by atoms with E-state index in [2.05, 4.69) is 11.9 Å². The van der Waals surface area contributed by atoms with Crippen LogP contribution in [0, 0.1) is 0 Å². The normalized spacial score (nSPS) is 20.5. The smallest absolute Gasteiger partial charge is 0.0712 e. The summed E-state index contributed by atoms with van der Waals surface area (Å²) in [6, 6.07) is 5.57. The fourth-order valence-electron chi connectivity index (χ4n) is 2.24. The van der Waals surface area contributed by atoms with E-state index in [1.807, 2.05) is 12.1 Å². The molecule has 0 radical (unpaired) electrons. The summed E-state index contributed by atoms with van der Waals surface area (Å²) in [5, 5.41) is 11.6. The zero-order valence-corrected chi connectivity index (χ0v) is 11.4. The molecule has 1 saturated heterocycles. The minimum Gasteiger partial charge on any atom is -0.389 e. The van der Waals surface area contributed by atoms with E-state index in [-0.39, 0.29) is 0 Å². The molecule has 0 aliphatic carbocycles. The molecule has 0 unspecified atom stereocenters. The molecule has 1 fully saturated rings. The summed E-state index contributed by atoms with van der Waals surface area (Å²) in [7, 11) is 2.08. The average molecular weight is 274 g/mol.